The Labute approximate surface area is 145 Å². The lowest BCUT2D eigenvalue weighted by Crippen LogP contribution is -2.19. The number of carbonyl (C=O) groups excluding carboxylic acids is 1. The lowest BCUT2D eigenvalue weighted by Gasteiger charge is -2.19. The number of hydrogen-bond acceptors (Lipinski definition) is 2. The van der Waals surface area contributed by atoms with Gasteiger partial charge in [-0.25, -0.2) is 5.43 Å². The van der Waals surface area contributed by atoms with E-state index < -0.39 is 0 Å². The van der Waals surface area contributed by atoms with Crippen LogP contribution in [0.25, 0.3) is 0 Å². The summed E-state index contributed by atoms with van der Waals surface area (Å²) in [5.41, 5.74) is 6.34. The van der Waals surface area contributed by atoms with Gasteiger partial charge in [-0.2, -0.15) is 5.10 Å². The minimum atomic E-state index is -0.219. The molecular weight excluding hydrogens is 352 g/mol. The summed E-state index contributed by atoms with van der Waals surface area (Å²) >= 11 is 3.35. The molecule has 0 aliphatic carbocycles. The number of rotatable bonds is 3. The van der Waals surface area contributed by atoms with Crippen LogP contribution < -0.4 is 5.43 Å². The monoisotopic (exact) mass is 372 g/mol. The molecule has 0 spiro atoms. The molecule has 0 radical (unpaired) electrons. The van der Waals surface area contributed by atoms with Crippen LogP contribution in [-0.2, 0) is 5.41 Å². The van der Waals surface area contributed by atoms with Crippen LogP contribution in [0.2, 0.25) is 0 Å². The maximum absolute atomic E-state index is 12.0. The van der Waals surface area contributed by atoms with Crippen molar-refractivity contribution >= 4 is 27.5 Å². The van der Waals surface area contributed by atoms with Gasteiger partial charge in [-0.1, -0.05) is 61.0 Å². The number of amides is 1. The Bertz CT molecular complexity index is 711. The maximum Gasteiger partial charge on any atom is 0.271 e. The summed E-state index contributed by atoms with van der Waals surface area (Å²) in [5, 5.41) is 4.19. The van der Waals surface area contributed by atoms with E-state index in [0.29, 0.717) is 5.56 Å². The van der Waals surface area contributed by atoms with Gasteiger partial charge in [-0.05, 0) is 47.7 Å². The summed E-state index contributed by atoms with van der Waals surface area (Å²) in [5.74, 6) is -0.219. The Kier molecular flexibility index (Phi) is 5.37. The van der Waals surface area contributed by atoms with Crippen molar-refractivity contribution in [2.75, 3.05) is 0 Å². The molecule has 0 aromatic heterocycles. The zero-order chi connectivity index (χ0) is 17.0. The summed E-state index contributed by atoms with van der Waals surface area (Å²) in [4.78, 5) is 12.0. The summed E-state index contributed by atoms with van der Waals surface area (Å²) in [6.07, 6.45) is 0. The molecule has 0 atom stereocenters. The molecule has 0 saturated heterocycles. The van der Waals surface area contributed by atoms with Crippen molar-refractivity contribution in [3.05, 3.63) is 69.7 Å². The Morgan fingerprint density at radius 3 is 2.00 bits per heavy atom. The van der Waals surface area contributed by atoms with Crippen LogP contribution in [0.15, 0.2) is 58.1 Å². The lowest BCUT2D eigenvalue weighted by molar-refractivity contribution is 0.0955. The highest BCUT2D eigenvalue weighted by Crippen LogP contribution is 2.22. The van der Waals surface area contributed by atoms with Gasteiger partial charge in [-0.15, -0.1) is 0 Å². The molecule has 0 heterocycles. The Morgan fingerprint density at radius 1 is 0.957 bits per heavy atom. The third-order valence-corrected chi connectivity index (χ3v) is 4.13. The fourth-order valence-electron chi connectivity index (χ4n) is 2.08. The minimum Gasteiger partial charge on any atom is -0.267 e. The second-order valence-corrected chi connectivity index (χ2v) is 7.39. The van der Waals surface area contributed by atoms with Gasteiger partial charge in [0.1, 0.15) is 0 Å². The number of hydrogen-bond donors (Lipinski definition) is 1. The van der Waals surface area contributed by atoms with E-state index in [1.165, 1.54) is 5.56 Å². The molecule has 2 aromatic rings. The van der Waals surface area contributed by atoms with E-state index >= 15 is 0 Å². The third kappa shape index (κ3) is 4.76. The smallest absolute Gasteiger partial charge is 0.267 e. The van der Waals surface area contributed by atoms with Crippen molar-refractivity contribution in [1.82, 2.24) is 5.43 Å². The Hall–Kier alpha value is -1.94. The molecule has 3 nitrogen and oxygen atoms in total. The van der Waals surface area contributed by atoms with Crippen LogP contribution in [0.5, 0.6) is 0 Å². The number of nitrogens with zero attached hydrogens (tertiary/aromatic N) is 1. The van der Waals surface area contributed by atoms with Crippen molar-refractivity contribution in [2.45, 2.75) is 33.1 Å². The second kappa shape index (κ2) is 7.09. The predicted octanol–water partition coefficient (Wildman–Crippen LogP) is 4.90. The molecule has 1 amide bonds. The van der Waals surface area contributed by atoms with E-state index in [9.17, 15) is 4.79 Å². The summed E-state index contributed by atoms with van der Waals surface area (Å²) in [6.45, 7) is 8.43. The summed E-state index contributed by atoms with van der Waals surface area (Å²) in [6, 6.07) is 15.4. The van der Waals surface area contributed by atoms with E-state index in [-0.39, 0.29) is 11.3 Å². The van der Waals surface area contributed by atoms with Crippen molar-refractivity contribution in [3.8, 4) is 0 Å². The van der Waals surface area contributed by atoms with Crippen molar-refractivity contribution in [1.29, 1.82) is 0 Å². The van der Waals surface area contributed by atoms with Crippen LogP contribution >= 0.6 is 15.9 Å². The predicted molar refractivity (Wildman–Crippen MR) is 99.0 cm³/mol. The molecule has 1 N–H and O–H groups in total. The lowest BCUT2D eigenvalue weighted by atomic mass is 9.86. The Morgan fingerprint density at radius 2 is 1.48 bits per heavy atom. The molecule has 0 saturated carbocycles. The van der Waals surface area contributed by atoms with Crippen LogP contribution in [0.4, 0.5) is 0 Å². The number of halogens is 1. The van der Waals surface area contributed by atoms with Gasteiger partial charge >= 0.3 is 0 Å². The second-order valence-electron chi connectivity index (χ2n) is 6.47. The van der Waals surface area contributed by atoms with E-state index in [1.807, 2.05) is 31.2 Å². The van der Waals surface area contributed by atoms with Crippen molar-refractivity contribution in [3.63, 3.8) is 0 Å². The van der Waals surface area contributed by atoms with E-state index in [2.05, 4.69) is 59.4 Å². The minimum absolute atomic E-state index is 0.124. The van der Waals surface area contributed by atoms with Crippen LogP contribution in [0.3, 0.4) is 0 Å². The number of carbonyl (C=O) groups is 1. The number of nitrogens with one attached hydrogen (secondary N) is 1. The SMILES string of the molecule is C/C(=N/NC(=O)c1ccc(Br)cc1)c1ccc(C(C)(C)C)cc1. The quantitative estimate of drug-likeness (QED) is 0.603. The highest BCUT2D eigenvalue weighted by Gasteiger charge is 2.13. The summed E-state index contributed by atoms with van der Waals surface area (Å²) in [7, 11) is 0. The van der Waals surface area contributed by atoms with E-state index in [4.69, 9.17) is 0 Å². The zero-order valence-corrected chi connectivity index (χ0v) is 15.4. The first-order chi connectivity index (χ1) is 10.8. The fraction of sp³-hybridized carbons (Fsp3) is 0.263. The highest BCUT2D eigenvalue weighted by molar-refractivity contribution is 9.10. The zero-order valence-electron chi connectivity index (χ0n) is 13.9. The molecule has 0 bridgehead atoms. The van der Waals surface area contributed by atoms with Crippen molar-refractivity contribution < 1.29 is 4.79 Å². The fourth-order valence-corrected chi connectivity index (χ4v) is 2.34. The molecule has 2 rings (SSSR count). The maximum atomic E-state index is 12.0. The van der Waals surface area contributed by atoms with Gasteiger partial charge in [0.2, 0.25) is 0 Å². The molecule has 0 aliphatic rings. The third-order valence-electron chi connectivity index (χ3n) is 3.60. The van der Waals surface area contributed by atoms with Gasteiger partial charge in [0.05, 0.1) is 5.71 Å². The first kappa shape index (κ1) is 17.4. The van der Waals surface area contributed by atoms with E-state index in [0.717, 1.165) is 15.7 Å². The molecule has 0 aliphatic heterocycles. The van der Waals surface area contributed by atoms with Crippen molar-refractivity contribution in [2.24, 2.45) is 5.10 Å². The first-order valence-corrected chi connectivity index (χ1v) is 8.28. The average Bonchev–Trinajstić information content (AvgIpc) is 2.52. The van der Waals surface area contributed by atoms with Gasteiger partial charge in [0.15, 0.2) is 0 Å². The van der Waals surface area contributed by atoms with Gasteiger partial charge in [-0.3, -0.25) is 4.79 Å². The number of hydrazone groups is 1. The molecule has 23 heavy (non-hydrogen) atoms. The van der Waals surface area contributed by atoms with Gasteiger partial charge in [0, 0.05) is 10.0 Å². The molecule has 0 unspecified atom stereocenters. The molecule has 4 heteroatoms. The largest absolute Gasteiger partial charge is 0.271 e. The first-order valence-electron chi connectivity index (χ1n) is 7.48. The van der Waals surface area contributed by atoms with Crippen LogP contribution in [0.1, 0.15) is 49.2 Å². The highest BCUT2D eigenvalue weighted by atomic mass is 79.9. The molecule has 2 aromatic carbocycles. The Balaban J connectivity index is 2.07. The topological polar surface area (TPSA) is 41.5 Å². The number of benzene rings is 2. The average molecular weight is 373 g/mol. The molecule has 0 fully saturated rings. The van der Waals surface area contributed by atoms with E-state index in [1.54, 1.807) is 12.1 Å². The van der Waals surface area contributed by atoms with Crippen LogP contribution in [-0.4, -0.2) is 11.6 Å². The normalized spacial score (nSPS) is 12.1. The standard InChI is InChI=1S/C19H21BrN2O/c1-13(14-5-9-16(10-6-14)19(2,3)4)21-22-18(23)15-7-11-17(20)12-8-15/h5-12H,1-4H3,(H,22,23)/b21-13-. The van der Waals surface area contributed by atoms with Crippen LogP contribution in [0, 0.1) is 0 Å². The van der Waals surface area contributed by atoms with Gasteiger partial charge < -0.3 is 0 Å². The summed E-state index contributed by atoms with van der Waals surface area (Å²) < 4.78 is 0.938. The molecule has 120 valence electrons. The molecular formula is C19H21BrN2O. The van der Waals surface area contributed by atoms with Gasteiger partial charge in [0.25, 0.3) is 5.91 Å².